The van der Waals surface area contributed by atoms with Crippen LogP contribution in [0.15, 0.2) is 43.0 Å². The van der Waals surface area contributed by atoms with Crippen molar-refractivity contribution in [2.24, 2.45) is 0 Å². The van der Waals surface area contributed by atoms with Crippen LogP contribution in [0.5, 0.6) is 5.88 Å². The van der Waals surface area contributed by atoms with Crippen molar-refractivity contribution in [2.75, 3.05) is 13.2 Å². The van der Waals surface area contributed by atoms with E-state index in [1.807, 2.05) is 23.1 Å². The molecule has 3 atom stereocenters. The lowest BCUT2D eigenvalue weighted by molar-refractivity contribution is -0.0794. The molecule has 124 valence electrons. The zero-order valence-corrected chi connectivity index (χ0v) is 13.1. The first kappa shape index (κ1) is 15.0. The molecule has 1 aliphatic heterocycles. The van der Waals surface area contributed by atoms with Crippen molar-refractivity contribution in [3.63, 3.8) is 0 Å². The zero-order chi connectivity index (χ0) is 16.4. The van der Waals surface area contributed by atoms with Gasteiger partial charge in [0.1, 0.15) is 24.2 Å². The van der Waals surface area contributed by atoms with Crippen molar-refractivity contribution in [3.8, 4) is 5.88 Å². The van der Waals surface area contributed by atoms with Crippen molar-refractivity contribution < 1.29 is 14.3 Å². The van der Waals surface area contributed by atoms with Gasteiger partial charge in [0.25, 0.3) is 5.91 Å². The summed E-state index contributed by atoms with van der Waals surface area (Å²) in [5, 5.41) is 0. The van der Waals surface area contributed by atoms with Crippen molar-refractivity contribution in [1.82, 2.24) is 19.9 Å². The number of hydrogen-bond acceptors (Lipinski definition) is 6. The molecule has 7 nitrogen and oxygen atoms in total. The molecular weight excluding hydrogens is 308 g/mol. The van der Waals surface area contributed by atoms with E-state index in [-0.39, 0.29) is 24.2 Å². The third-order valence-corrected chi connectivity index (χ3v) is 4.51. The van der Waals surface area contributed by atoms with Crippen LogP contribution in [0.3, 0.4) is 0 Å². The highest BCUT2D eigenvalue weighted by Gasteiger charge is 2.46. The average molecular weight is 326 g/mol. The van der Waals surface area contributed by atoms with Crippen molar-refractivity contribution in [2.45, 2.75) is 31.1 Å². The van der Waals surface area contributed by atoms with Crippen molar-refractivity contribution >= 4 is 5.91 Å². The van der Waals surface area contributed by atoms with Crippen LogP contribution >= 0.6 is 0 Å². The lowest BCUT2D eigenvalue weighted by Gasteiger charge is -2.38. The predicted octanol–water partition coefficient (Wildman–Crippen LogP) is 1.32. The molecule has 1 saturated heterocycles. The summed E-state index contributed by atoms with van der Waals surface area (Å²) in [5.74, 6) is 0.514. The fraction of sp³-hybridized carbons (Fsp3) is 0.412. The maximum atomic E-state index is 12.7. The van der Waals surface area contributed by atoms with E-state index in [2.05, 4.69) is 15.0 Å². The highest BCUT2D eigenvalue weighted by molar-refractivity contribution is 5.92. The molecule has 1 aliphatic carbocycles. The van der Waals surface area contributed by atoms with Crippen LogP contribution < -0.4 is 4.74 Å². The standard InChI is InChI=1S/C17H18N4O3/c22-17(12-6-8-18-11-20-12)21-9-10-23-16-13(21)4-5-14(16)24-15-3-1-2-7-19-15/h1-3,6-8,11,13-14,16H,4-5,9-10H2/t13-,14-,16+/m0/s1. The minimum Gasteiger partial charge on any atom is -0.471 e. The van der Waals surface area contributed by atoms with Gasteiger partial charge in [0.05, 0.1) is 12.6 Å². The molecule has 2 aromatic heterocycles. The third-order valence-electron chi connectivity index (χ3n) is 4.51. The number of carbonyl (C=O) groups excluding carboxylic acids is 1. The van der Waals surface area contributed by atoms with Crippen LogP contribution in [0, 0.1) is 0 Å². The quantitative estimate of drug-likeness (QED) is 0.847. The molecule has 3 heterocycles. The minimum absolute atomic E-state index is 0.00919. The number of rotatable bonds is 3. The second-order valence-electron chi connectivity index (χ2n) is 5.90. The summed E-state index contributed by atoms with van der Waals surface area (Å²) in [6.07, 6.45) is 6.14. The highest BCUT2D eigenvalue weighted by Crippen LogP contribution is 2.33. The van der Waals surface area contributed by atoms with Crippen LogP contribution in [-0.2, 0) is 4.74 Å². The number of fused-ring (bicyclic) bond motifs is 1. The normalized spacial score (nSPS) is 26.0. The molecule has 0 bridgehead atoms. The van der Waals surface area contributed by atoms with Gasteiger partial charge in [-0.05, 0) is 25.0 Å². The maximum Gasteiger partial charge on any atom is 0.272 e. The molecule has 2 fully saturated rings. The number of carbonyl (C=O) groups is 1. The SMILES string of the molecule is O=C(c1ccncn1)N1CCO[C@H]2[C@@H](Oc3ccccn3)CC[C@@H]21. The Hall–Kier alpha value is -2.54. The topological polar surface area (TPSA) is 77.4 Å². The first-order chi connectivity index (χ1) is 11.8. The van der Waals surface area contributed by atoms with Crippen LogP contribution in [0.1, 0.15) is 23.3 Å². The molecular formula is C17H18N4O3. The first-order valence-corrected chi connectivity index (χ1v) is 8.09. The Kier molecular flexibility index (Phi) is 4.08. The molecule has 0 radical (unpaired) electrons. The molecule has 1 saturated carbocycles. The van der Waals surface area contributed by atoms with Crippen molar-refractivity contribution in [1.29, 1.82) is 0 Å². The van der Waals surface area contributed by atoms with Gasteiger partial charge < -0.3 is 14.4 Å². The number of hydrogen-bond donors (Lipinski definition) is 0. The Morgan fingerprint density at radius 3 is 2.96 bits per heavy atom. The fourth-order valence-corrected chi connectivity index (χ4v) is 3.43. The minimum atomic E-state index is -0.133. The van der Waals surface area contributed by atoms with E-state index in [1.165, 1.54) is 6.33 Å². The molecule has 24 heavy (non-hydrogen) atoms. The molecule has 1 amide bonds. The van der Waals surface area contributed by atoms with Crippen molar-refractivity contribution in [3.05, 3.63) is 48.7 Å². The van der Waals surface area contributed by atoms with E-state index < -0.39 is 0 Å². The van der Waals surface area contributed by atoms with Crippen LogP contribution in [0.25, 0.3) is 0 Å². The van der Waals surface area contributed by atoms with Gasteiger partial charge in [-0.2, -0.15) is 0 Å². The third kappa shape index (κ3) is 2.82. The lowest BCUT2D eigenvalue weighted by Crippen LogP contribution is -2.54. The van der Waals surface area contributed by atoms with Gasteiger partial charge in [0.15, 0.2) is 0 Å². The van der Waals surface area contributed by atoms with E-state index in [1.54, 1.807) is 18.5 Å². The summed E-state index contributed by atoms with van der Waals surface area (Å²) in [5.41, 5.74) is 0.416. The number of pyridine rings is 1. The number of nitrogens with zero attached hydrogens (tertiary/aromatic N) is 4. The van der Waals surface area contributed by atoms with Gasteiger partial charge in [-0.1, -0.05) is 6.07 Å². The molecule has 7 heteroatoms. The number of morpholine rings is 1. The van der Waals surface area contributed by atoms with Gasteiger partial charge in [-0.25, -0.2) is 15.0 Å². The largest absolute Gasteiger partial charge is 0.471 e. The Labute approximate surface area is 139 Å². The Balaban J connectivity index is 1.49. The zero-order valence-electron chi connectivity index (χ0n) is 13.1. The molecule has 0 aromatic carbocycles. The molecule has 2 aromatic rings. The second-order valence-corrected chi connectivity index (χ2v) is 5.90. The monoisotopic (exact) mass is 326 g/mol. The maximum absolute atomic E-state index is 12.7. The summed E-state index contributed by atoms with van der Waals surface area (Å²) in [7, 11) is 0. The number of amides is 1. The van der Waals surface area contributed by atoms with E-state index in [0.29, 0.717) is 24.7 Å². The average Bonchev–Trinajstić information content (AvgIpc) is 3.06. The van der Waals surface area contributed by atoms with Gasteiger partial charge in [-0.15, -0.1) is 0 Å². The first-order valence-electron chi connectivity index (χ1n) is 8.09. The van der Waals surface area contributed by atoms with Crippen LogP contribution in [0.2, 0.25) is 0 Å². The molecule has 2 aliphatic rings. The van der Waals surface area contributed by atoms with E-state index >= 15 is 0 Å². The fourth-order valence-electron chi connectivity index (χ4n) is 3.43. The lowest BCUT2D eigenvalue weighted by atomic mass is 10.1. The second kappa shape index (κ2) is 6.52. The molecule has 0 N–H and O–H groups in total. The van der Waals surface area contributed by atoms with E-state index in [4.69, 9.17) is 9.47 Å². The predicted molar refractivity (Wildman–Crippen MR) is 84.5 cm³/mol. The summed E-state index contributed by atoms with van der Waals surface area (Å²) < 4.78 is 11.9. The molecule has 0 spiro atoms. The van der Waals surface area contributed by atoms with Crippen LogP contribution in [-0.4, -0.2) is 57.2 Å². The van der Waals surface area contributed by atoms with Gasteiger partial charge in [0.2, 0.25) is 5.88 Å². The van der Waals surface area contributed by atoms with E-state index in [0.717, 1.165) is 12.8 Å². The van der Waals surface area contributed by atoms with Gasteiger partial charge in [0, 0.05) is 25.0 Å². The molecule has 0 unspecified atom stereocenters. The number of aromatic nitrogens is 3. The Morgan fingerprint density at radius 2 is 2.17 bits per heavy atom. The highest BCUT2D eigenvalue weighted by atomic mass is 16.5. The summed E-state index contributed by atoms with van der Waals surface area (Å²) in [6.45, 7) is 1.07. The Morgan fingerprint density at radius 1 is 1.21 bits per heavy atom. The summed E-state index contributed by atoms with van der Waals surface area (Å²) >= 11 is 0. The van der Waals surface area contributed by atoms with Gasteiger partial charge >= 0.3 is 0 Å². The smallest absolute Gasteiger partial charge is 0.272 e. The van der Waals surface area contributed by atoms with Gasteiger partial charge in [-0.3, -0.25) is 4.79 Å². The van der Waals surface area contributed by atoms with E-state index in [9.17, 15) is 4.79 Å². The van der Waals surface area contributed by atoms with Crippen LogP contribution in [0.4, 0.5) is 0 Å². The summed E-state index contributed by atoms with van der Waals surface area (Å²) in [6, 6.07) is 7.23. The number of ether oxygens (including phenoxy) is 2. The summed E-state index contributed by atoms with van der Waals surface area (Å²) in [4.78, 5) is 26.7. The molecule has 4 rings (SSSR count). The Bertz CT molecular complexity index is 697.